The normalized spacial score (nSPS) is 18.0. The van der Waals surface area contributed by atoms with Crippen molar-refractivity contribution in [3.63, 3.8) is 0 Å². The lowest BCUT2D eigenvalue weighted by atomic mass is 9.79. The highest BCUT2D eigenvalue weighted by Crippen LogP contribution is 2.36. The second-order valence-corrected chi connectivity index (χ2v) is 14.9. The van der Waals surface area contributed by atoms with Gasteiger partial charge in [-0.05, 0) is 118 Å². The summed E-state index contributed by atoms with van der Waals surface area (Å²) < 4.78 is 13.4. The minimum atomic E-state index is -0.323. The molecule has 3 aliphatic heterocycles. The molecule has 0 spiro atoms. The van der Waals surface area contributed by atoms with Crippen molar-refractivity contribution < 1.29 is 18.9 Å². The summed E-state index contributed by atoms with van der Waals surface area (Å²) >= 11 is 3.47. The summed E-state index contributed by atoms with van der Waals surface area (Å²) in [5, 5.41) is 0. The number of hydrogen-bond acceptors (Lipinski definition) is 9. The van der Waals surface area contributed by atoms with Gasteiger partial charge in [-0.25, -0.2) is 0 Å². The Kier molecular flexibility index (Phi) is 12.3. The van der Waals surface area contributed by atoms with Crippen LogP contribution in [-0.2, 0) is 9.31 Å². The van der Waals surface area contributed by atoms with E-state index in [2.05, 4.69) is 112 Å². The lowest BCUT2D eigenvalue weighted by Crippen LogP contribution is -2.46. The van der Waals surface area contributed by atoms with Crippen LogP contribution in [0.1, 0.15) is 48.4 Å². The number of anilines is 4. The van der Waals surface area contributed by atoms with E-state index < -0.39 is 0 Å². The molecule has 0 saturated carbocycles. The zero-order valence-electron chi connectivity index (χ0n) is 30.1. The van der Waals surface area contributed by atoms with E-state index in [0.29, 0.717) is 0 Å². The Morgan fingerprint density at radius 2 is 0.784 bits per heavy atom. The van der Waals surface area contributed by atoms with Crippen LogP contribution >= 0.6 is 15.9 Å². The van der Waals surface area contributed by atoms with Gasteiger partial charge in [0.1, 0.15) is 12.6 Å². The molecule has 3 saturated heterocycles. The molecule has 4 aromatic rings. The van der Waals surface area contributed by atoms with E-state index >= 15 is 0 Å². The smallest absolute Gasteiger partial charge is 0.399 e. The summed E-state index contributed by atoms with van der Waals surface area (Å²) in [5.74, 6) is 0. The summed E-state index contributed by atoms with van der Waals surface area (Å²) in [4.78, 5) is 31.1. The Bertz CT molecular complexity index is 1710. The summed E-state index contributed by atoms with van der Waals surface area (Å²) in [5.41, 5.74) is 6.72. The molecule has 3 N–H and O–H groups in total. The topological polar surface area (TPSA) is 101 Å². The molecule has 51 heavy (non-hydrogen) atoms. The van der Waals surface area contributed by atoms with Crippen molar-refractivity contribution in [3.05, 3.63) is 113 Å². The van der Waals surface area contributed by atoms with Crippen LogP contribution in [0.5, 0.6) is 0 Å². The van der Waals surface area contributed by atoms with Gasteiger partial charge in [-0.2, -0.15) is 0 Å². The van der Waals surface area contributed by atoms with Gasteiger partial charge < -0.3 is 35.1 Å². The molecule has 3 fully saturated rings. The Morgan fingerprint density at radius 3 is 1.08 bits per heavy atom. The second kappa shape index (κ2) is 16.5. The van der Waals surface area contributed by atoms with Crippen molar-refractivity contribution >= 4 is 63.8 Å². The summed E-state index contributed by atoms with van der Waals surface area (Å²) in [6.45, 7) is 16.2. The molecule has 3 heterocycles. The lowest BCUT2D eigenvalue weighted by Gasteiger charge is -2.37. The van der Waals surface area contributed by atoms with Gasteiger partial charge in [0, 0.05) is 90.7 Å². The van der Waals surface area contributed by atoms with E-state index in [1.165, 1.54) is 22.7 Å². The van der Waals surface area contributed by atoms with Gasteiger partial charge in [0.25, 0.3) is 0 Å². The third kappa shape index (κ3) is 9.02. The van der Waals surface area contributed by atoms with E-state index in [1.807, 2.05) is 48.5 Å². The average molecular weight is 755 g/mol. The first-order chi connectivity index (χ1) is 24.0. The number of hydrogen-bond donors (Lipinski definition) is 1. The number of benzene rings is 4. The lowest BCUT2D eigenvalue weighted by molar-refractivity contribution is 0.00578. The number of carbonyl (C=O) groups is 2. The van der Waals surface area contributed by atoms with E-state index in [-0.39, 0.29) is 24.5 Å². The average Bonchev–Trinajstić information content (AvgIpc) is 3.38. The maximum Gasteiger partial charge on any atom is 0.494 e. The molecule has 0 amide bonds. The van der Waals surface area contributed by atoms with Gasteiger partial charge in [0.15, 0.2) is 0 Å². The van der Waals surface area contributed by atoms with Crippen LogP contribution in [0.4, 0.5) is 22.7 Å². The fourth-order valence-electron chi connectivity index (χ4n) is 6.45. The largest absolute Gasteiger partial charge is 0.494 e. The number of piperazine rings is 2. The quantitative estimate of drug-likeness (QED) is 0.160. The first-order valence-electron chi connectivity index (χ1n) is 17.4. The monoisotopic (exact) mass is 753 g/mol. The Morgan fingerprint density at radius 1 is 0.510 bits per heavy atom. The fraction of sp³-hybridized carbons (Fsp3) is 0.350. The zero-order valence-corrected chi connectivity index (χ0v) is 31.7. The minimum Gasteiger partial charge on any atom is -0.399 e. The molecule has 0 atom stereocenters. The molecular formula is C40H49BBrN5O4. The molecule has 11 heteroatoms. The van der Waals surface area contributed by atoms with Gasteiger partial charge in [-0.3, -0.25) is 9.59 Å². The molecule has 7 rings (SSSR count). The van der Waals surface area contributed by atoms with Crippen LogP contribution in [0, 0.1) is 0 Å². The molecule has 268 valence electrons. The number of rotatable bonds is 7. The van der Waals surface area contributed by atoms with E-state index in [0.717, 1.165) is 86.0 Å². The predicted octanol–water partition coefficient (Wildman–Crippen LogP) is 6.88. The van der Waals surface area contributed by atoms with Crippen molar-refractivity contribution in [2.24, 2.45) is 0 Å². The van der Waals surface area contributed by atoms with Crippen LogP contribution in [0.25, 0.3) is 0 Å². The summed E-state index contributed by atoms with van der Waals surface area (Å²) in [6.07, 6.45) is 1.77. The second-order valence-electron chi connectivity index (χ2n) is 14.0. The molecule has 0 aromatic heterocycles. The third-order valence-corrected chi connectivity index (χ3v) is 10.9. The van der Waals surface area contributed by atoms with Crippen molar-refractivity contribution in [3.8, 4) is 0 Å². The van der Waals surface area contributed by atoms with Gasteiger partial charge in [-0.1, -0.05) is 28.1 Å². The molecule has 0 radical (unpaired) electrons. The fourth-order valence-corrected chi connectivity index (χ4v) is 6.71. The Labute approximate surface area is 311 Å². The number of halogens is 1. The van der Waals surface area contributed by atoms with Crippen molar-refractivity contribution in [1.29, 1.82) is 0 Å². The van der Waals surface area contributed by atoms with Gasteiger partial charge in [0.05, 0.1) is 11.2 Å². The number of aldehydes is 2. The van der Waals surface area contributed by atoms with Crippen molar-refractivity contribution in [2.45, 2.75) is 38.9 Å². The van der Waals surface area contributed by atoms with Crippen LogP contribution < -0.4 is 31.2 Å². The Balaban J connectivity index is 0.000000204. The highest BCUT2D eigenvalue weighted by Gasteiger charge is 2.51. The molecule has 3 aliphatic rings. The molecule has 0 bridgehead atoms. The zero-order chi connectivity index (χ0) is 35.3. The van der Waals surface area contributed by atoms with Gasteiger partial charge >= 0.3 is 7.12 Å². The molecule has 0 unspecified atom stereocenters. The van der Waals surface area contributed by atoms with Gasteiger partial charge in [-0.15, -0.1) is 0 Å². The number of carbonyl (C=O) groups excluding carboxylic acids is 2. The maximum atomic E-state index is 10.8. The summed E-state index contributed by atoms with van der Waals surface area (Å²) in [6, 6.07) is 32.6. The van der Waals surface area contributed by atoms with Crippen LogP contribution in [0.3, 0.4) is 0 Å². The van der Waals surface area contributed by atoms with E-state index in [4.69, 9.17) is 9.31 Å². The molecule has 4 aromatic carbocycles. The first-order valence-corrected chi connectivity index (χ1v) is 18.2. The molecule has 0 aliphatic carbocycles. The minimum absolute atomic E-state index is 0. The highest BCUT2D eigenvalue weighted by molar-refractivity contribution is 9.10. The Hall–Kier alpha value is -4.16. The highest BCUT2D eigenvalue weighted by atomic mass is 79.9. The third-order valence-electron chi connectivity index (χ3n) is 10.3. The predicted molar refractivity (Wildman–Crippen MR) is 214 cm³/mol. The molecule has 9 nitrogen and oxygen atoms in total. The maximum absolute atomic E-state index is 10.8. The van der Waals surface area contributed by atoms with Gasteiger partial charge in [0.2, 0.25) is 0 Å². The van der Waals surface area contributed by atoms with Crippen LogP contribution in [0.2, 0.25) is 0 Å². The van der Waals surface area contributed by atoms with Crippen molar-refractivity contribution in [1.82, 2.24) is 6.15 Å². The van der Waals surface area contributed by atoms with E-state index in [9.17, 15) is 9.59 Å². The first kappa shape index (κ1) is 38.1. The molecular weight excluding hydrogens is 705 g/mol. The standard InChI is InChI=1S/C23H29BN2O3.C17H17BrN2O.H3N/c1-22(2)23(3,4)29-24(28-22)19-7-11-21(12-8-19)26-15-13-25(14-16-26)20-9-5-18(17-27)6-10-20;18-15-3-7-17(8-4-15)20-11-9-19(10-12-20)16-5-1-14(13-21)2-6-16;/h5-12,17H,13-16H2,1-4H3;1-8,13H,9-12H2;1H3. The van der Waals surface area contributed by atoms with Crippen LogP contribution in [-0.4, -0.2) is 83.3 Å². The number of nitrogens with zero attached hydrogens (tertiary/aromatic N) is 4. The van der Waals surface area contributed by atoms with Crippen LogP contribution in [0.15, 0.2) is 102 Å². The summed E-state index contributed by atoms with van der Waals surface area (Å²) in [7, 11) is -0.319. The van der Waals surface area contributed by atoms with Crippen molar-refractivity contribution in [2.75, 3.05) is 72.0 Å². The van der Waals surface area contributed by atoms with E-state index in [1.54, 1.807) is 0 Å². The SMILES string of the molecule is CC1(C)OB(c2ccc(N3CCN(c4ccc(C=O)cc4)CC3)cc2)OC1(C)C.N.O=Cc1ccc(N2CCN(c3ccc(Br)cc3)CC2)cc1.